The van der Waals surface area contributed by atoms with Crippen molar-refractivity contribution in [3.63, 3.8) is 0 Å². The summed E-state index contributed by atoms with van der Waals surface area (Å²) < 4.78 is 32.2. The lowest BCUT2D eigenvalue weighted by Gasteiger charge is -2.20. The lowest BCUT2D eigenvalue weighted by atomic mass is 10.1. The van der Waals surface area contributed by atoms with Crippen LogP contribution in [0.5, 0.6) is 5.75 Å². The summed E-state index contributed by atoms with van der Waals surface area (Å²) in [6.07, 6.45) is 0.712. The molecule has 1 aromatic carbocycles. The summed E-state index contributed by atoms with van der Waals surface area (Å²) in [4.78, 5) is 11.8. The molecule has 0 heterocycles. The van der Waals surface area contributed by atoms with Crippen LogP contribution in [-0.2, 0) is 14.8 Å². The van der Waals surface area contributed by atoms with Gasteiger partial charge in [0.2, 0.25) is 10.0 Å². The van der Waals surface area contributed by atoms with Gasteiger partial charge in [0, 0.05) is 11.6 Å². The summed E-state index contributed by atoms with van der Waals surface area (Å²) in [5.74, 6) is 0.212. The van der Waals surface area contributed by atoms with Crippen LogP contribution in [0, 0.1) is 0 Å². The van der Waals surface area contributed by atoms with E-state index in [0.717, 1.165) is 0 Å². The fourth-order valence-corrected chi connectivity index (χ4v) is 3.06. The van der Waals surface area contributed by atoms with Crippen LogP contribution < -0.4 is 14.8 Å². The fourth-order valence-electron chi connectivity index (χ4n) is 1.73. The van der Waals surface area contributed by atoms with Crippen LogP contribution in [-0.4, -0.2) is 32.5 Å². The molecule has 1 atom stereocenters. The highest BCUT2D eigenvalue weighted by Gasteiger charge is 2.17. The second-order valence-electron chi connectivity index (χ2n) is 6.49. The van der Waals surface area contributed by atoms with E-state index in [2.05, 4.69) is 10.0 Å². The number of hydrogen-bond acceptors (Lipinski definition) is 4. The minimum atomic E-state index is -3.53. The predicted molar refractivity (Wildman–Crippen MR) is 89.9 cm³/mol. The number of carbonyl (C=O) groups excluding carboxylic acids is 1. The maximum absolute atomic E-state index is 12.1. The Balaban J connectivity index is 2.65. The van der Waals surface area contributed by atoms with Crippen LogP contribution in [0.4, 0.5) is 0 Å². The number of rotatable bonds is 7. The Kier molecular flexibility index (Phi) is 6.58. The van der Waals surface area contributed by atoms with Crippen LogP contribution in [0.15, 0.2) is 29.2 Å². The molecular formula is C16H26N2O4S. The Morgan fingerprint density at radius 1 is 1.22 bits per heavy atom. The Hall–Kier alpha value is -1.60. The SMILES string of the molecule is CC[C@@H](C)NS(=O)(=O)c1ccc(OCC(=O)NC(C)(C)C)cc1. The average molecular weight is 342 g/mol. The monoisotopic (exact) mass is 342 g/mol. The summed E-state index contributed by atoms with van der Waals surface area (Å²) >= 11 is 0. The summed E-state index contributed by atoms with van der Waals surface area (Å²) in [5, 5.41) is 2.78. The molecule has 130 valence electrons. The van der Waals surface area contributed by atoms with Crippen molar-refractivity contribution in [1.29, 1.82) is 0 Å². The molecule has 0 saturated carbocycles. The van der Waals surface area contributed by atoms with E-state index in [1.807, 2.05) is 34.6 Å². The van der Waals surface area contributed by atoms with Crippen molar-refractivity contribution in [2.45, 2.75) is 57.5 Å². The van der Waals surface area contributed by atoms with E-state index in [1.54, 1.807) is 0 Å². The number of amides is 1. The molecule has 0 spiro atoms. The largest absolute Gasteiger partial charge is 0.484 e. The average Bonchev–Trinajstić information content (AvgIpc) is 2.43. The quantitative estimate of drug-likeness (QED) is 0.794. The summed E-state index contributed by atoms with van der Waals surface area (Å²) in [5.41, 5.74) is -0.319. The molecule has 1 rings (SSSR count). The lowest BCUT2D eigenvalue weighted by molar-refractivity contribution is -0.124. The van der Waals surface area contributed by atoms with Crippen molar-refractivity contribution in [2.75, 3.05) is 6.61 Å². The molecule has 1 aromatic rings. The number of benzene rings is 1. The van der Waals surface area contributed by atoms with Gasteiger partial charge in [0.25, 0.3) is 5.91 Å². The molecule has 0 aromatic heterocycles. The lowest BCUT2D eigenvalue weighted by Crippen LogP contribution is -2.43. The topological polar surface area (TPSA) is 84.5 Å². The Morgan fingerprint density at radius 2 is 1.78 bits per heavy atom. The molecule has 23 heavy (non-hydrogen) atoms. The highest BCUT2D eigenvalue weighted by Crippen LogP contribution is 2.16. The minimum Gasteiger partial charge on any atom is -0.484 e. The minimum absolute atomic E-state index is 0.117. The van der Waals surface area contributed by atoms with Gasteiger partial charge in [-0.1, -0.05) is 6.92 Å². The Bertz CT molecular complexity index is 618. The molecule has 2 N–H and O–H groups in total. The van der Waals surface area contributed by atoms with Gasteiger partial charge in [-0.05, 0) is 58.4 Å². The molecule has 0 radical (unpaired) electrons. The van der Waals surface area contributed by atoms with E-state index in [1.165, 1.54) is 24.3 Å². The van der Waals surface area contributed by atoms with Crippen molar-refractivity contribution in [3.05, 3.63) is 24.3 Å². The van der Waals surface area contributed by atoms with Crippen LogP contribution >= 0.6 is 0 Å². The molecule has 6 nitrogen and oxygen atoms in total. The van der Waals surface area contributed by atoms with E-state index in [0.29, 0.717) is 12.2 Å². The number of hydrogen-bond donors (Lipinski definition) is 2. The van der Waals surface area contributed by atoms with Gasteiger partial charge < -0.3 is 10.1 Å². The maximum atomic E-state index is 12.1. The number of ether oxygens (including phenoxy) is 1. The maximum Gasteiger partial charge on any atom is 0.258 e. The zero-order valence-electron chi connectivity index (χ0n) is 14.3. The number of sulfonamides is 1. The molecule has 0 saturated heterocycles. The summed E-state index contributed by atoms with van der Waals surface area (Å²) in [7, 11) is -3.53. The number of nitrogens with one attached hydrogen (secondary N) is 2. The first-order chi connectivity index (χ1) is 10.5. The second-order valence-corrected chi connectivity index (χ2v) is 8.20. The highest BCUT2D eigenvalue weighted by atomic mass is 32.2. The molecule has 0 unspecified atom stereocenters. The standard InChI is InChI=1S/C16H26N2O4S/c1-6-12(2)18-23(20,21)14-9-7-13(8-10-14)22-11-15(19)17-16(3,4)5/h7-10,12,18H,6,11H2,1-5H3,(H,17,19)/t12-/m1/s1. The van der Waals surface area contributed by atoms with Crippen LogP contribution in [0.3, 0.4) is 0 Å². The second kappa shape index (κ2) is 7.79. The molecule has 0 bridgehead atoms. The van der Waals surface area contributed by atoms with Crippen LogP contribution in [0.25, 0.3) is 0 Å². The van der Waals surface area contributed by atoms with Crippen molar-refractivity contribution < 1.29 is 17.9 Å². The van der Waals surface area contributed by atoms with Gasteiger partial charge in [-0.15, -0.1) is 0 Å². The van der Waals surface area contributed by atoms with Gasteiger partial charge >= 0.3 is 0 Å². The molecule has 7 heteroatoms. The summed E-state index contributed by atoms with van der Waals surface area (Å²) in [6, 6.07) is 5.87. The van der Waals surface area contributed by atoms with E-state index in [9.17, 15) is 13.2 Å². The van der Waals surface area contributed by atoms with Crippen molar-refractivity contribution in [3.8, 4) is 5.75 Å². The third kappa shape index (κ3) is 7.00. The molecule has 1 amide bonds. The normalized spacial score (nSPS) is 13.4. The predicted octanol–water partition coefficient (Wildman–Crippen LogP) is 2.06. The Labute approximate surface area is 138 Å². The number of carbonyl (C=O) groups is 1. The van der Waals surface area contributed by atoms with E-state index in [4.69, 9.17) is 4.74 Å². The molecule has 0 aliphatic carbocycles. The fraction of sp³-hybridized carbons (Fsp3) is 0.562. The molecular weight excluding hydrogens is 316 g/mol. The zero-order chi connectivity index (χ0) is 17.7. The van der Waals surface area contributed by atoms with Crippen molar-refractivity contribution in [1.82, 2.24) is 10.0 Å². The van der Waals surface area contributed by atoms with E-state index >= 15 is 0 Å². The smallest absolute Gasteiger partial charge is 0.258 e. The van der Waals surface area contributed by atoms with Gasteiger partial charge in [-0.25, -0.2) is 13.1 Å². The first kappa shape index (κ1) is 19.4. The van der Waals surface area contributed by atoms with Gasteiger partial charge in [-0.3, -0.25) is 4.79 Å². The van der Waals surface area contributed by atoms with Gasteiger partial charge in [0.1, 0.15) is 5.75 Å². The first-order valence-corrected chi connectivity index (χ1v) is 9.08. The molecule has 0 aliphatic heterocycles. The third-order valence-corrected chi connectivity index (χ3v) is 4.59. The Morgan fingerprint density at radius 3 is 2.26 bits per heavy atom. The molecule has 0 fully saturated rings. The zero-order valence-corrected chi connectivity index (χ0v) is 15.2. The van der Waals surface area contributed by atoms with E-state index in [-0.39, 0.29) is 29.0 Å². The molecule has 0 aliphatic rings. The van der Waals surface area contributed by atoms with Gasteiger partial charge in [0.05, 0.1) is 4.90 Å². The van der Waals surface area contributed by atoms with Crippen LogP contribution in [0.1, 0.15) is 41.0 Å². The van der Waals surface area contributed by atoms with Gasteiger partial charge in [-0.2, -0.15) is 0 Å². The first-order valence-electron chi connectivity index (χ1n) is 7.59. The van der Waals surface area contributed by atoms with Crippen molar-refractivity contribution >= 4 is 15.9 Å². The van der Waals surface area contributed by atoms with Crippen LogP contribution in [0.2, 0.25) is 0 Å². The summed E-state index contributed by atoms with van der Waals surface area (Å²) in [6.45, 7) is 9.25. The third-order valence-electron chi connectivity index (χ3n) is 2.99. The van der Waals surface area contributed by atoms with Crippen molar-refractivity contribution in [2.24, 2.45) is 0 Å². The highest BCUT2D eigenvalue weighted by molar-refractivity contribution is 7.89. The van der Waals surface area contributed by atoms with Gasteiger partial charge in [0.15, 0.2) is 6.61 Å². The van der Waals surface area contributed by atoms with E-state index < -0.39 is 10.0 Å².